The van der Waals surface area contributed by atoms with Crippen molar-refractivity contribution in [2.24, 2.45) is 0 Å². The molecule has 0 spiro atoms. The summed E-state index contributed by atoms with van der Waals surface area (Å²) >= 11 is 0. The normalized spacial score (nSPS) is 9.33. The summed E-state index contributed by atoms with van der Waals surface area (Å²) in [7, 11) is 1.59. The van der Waals surface area contributed by atoms with Gasteiger partial charge in [0.1, 0.15) is 6.42 Å². The smallest absolute Gasteiger partial charge is 0.238 e. The molecule has 0 aromatic heterocycles. The highest BCUT2D eigenvalue weighted by Crippen LogP contribution is 2.17. The van der Waals surface area contributed by atoms with Crippen LogP contribution in [-0.2, 0) is 16.0 Å². The van der Waals surface area contributed by atoms with Crippen LogP contribution < -0.4 is 10.6 Å². The van der Waals surface area contributed by atoms with Gasteiger partial charge in [-0.15, -0.1) is 0 Å². The van der Waals surface area contributed by atoms with E-state index in [0.29, 0.717) is 18.5 Å². The Hall–Kier alpha value is -2.35. The molecule has 0 fully saturated rings. The van der Waals surface area contributed by atoms with Crippen molar-refractivity contribution in [1.29, 1.82) is 5.26 Å². The average molecular weight is 245 g/mol. The summed E-state index contributed by atoms with van der Waals surface area (Å²) in [6.45, 7) is 0. The van der Waals surface area contributed by atoms with Crippen LogP contribution in [-0.4, -0.2) is 18.9 Å². The van der Waals surface area contributed by atoms with Crippen molar-refractivity contribution in [2.75, 3.05) is 12.4 Å². The maximum atomic E-state index is 11.3. The SMILES string of the molecule is CNC(=O)CCc1ccccc1NC(=O)CC#N. The highest BCUT2D eigenvalue weighted by molar-refractivity contribution is 5.92. The molecule has 1 aromatic carbocycles. The fraction of sp³-hybridized carbons (Fsp3) is 0.308. The lowest BCUT2D eigenvalue weighted by Crippen LogP contribution is -2.18. The first-order chi connectivity index (χ1) is 8.67. The van der Waals surface area contributed by atoms with Crippen LogP contribution >= 0.6 is 0 Å². The van der Waals surface area contributed by atoms with E-state index in [1.54, 1.807) is 25.2 Å². The molecule has 1 rings (SSSR count). The summed E-state index contributed by atoms with van der Waals surface area (Å²) in [5.74, 6) is -0.391. The van der Waals surface area contributed by atoms with Crippen molar-refractivity contribution in [3.63, 3.8) is 0 Å². The highest BCUT2D eigenvalue weighted by atomic mass is 16.2. The lowest BCUT2D eigenvalue weighted by Gasteiger charge is -2.09. The zero-order valence-corrected chi connectivity index (χ0v) is 10.2. The second-order valence-corrected chi connectivity index (χ2v) is 3.71. The molecule has 0 bridgehead atoms. The van der Waals surface area contributed by atoms with Gasteiger partial charge in [-0.2, -0.15) is 5.26 Å². The van der Waals surface area contributed by atoms with Gasteiger partial charge < -0.3 is 10.6 Å². The largest absolute Gasteiger partial charge is 0.359 e. The molecule has 2 N–H and O–H groups in total. The van der Waals surface area contributed by atoms with E-state index in [1.807, 2.05) is 12.1 Å². The fourth-order valence-electron chi connectivity index (χ4n) is 1.50. The zero-order valence-electron chi connectivity index (χ0n) is 10.2. The Labute approximate surface area is 106 Å². The molecule has 0 heterocycles. The molecule has 2 amide bonds. The molecule has 0 radical (unpaired) electrons. The molecule has 0 saturated carbocycles. The average Bonchev–Trinajstić information content (AvgIpc) is 2.37. The summed E-state index contributed by atoms with van der Waals surface area (Å²) in [4.78, 5) is 22.5. The van der Waals surface area contributed by atoms with Gasteiger partial charge in [-0.1, -0.05) is 18.2 Å². The Morgan fingerprint density at radius 1 is 1.28 bits per heavy atom. The molecule has 18 heavy (non-hydrogen) atoms. The topological polar surface area (TPSA) is 82.0 Å². The molecule has 0 atom stereocenters. The van der Waals surface area contributed by atoms with Crippen LogP contribution in [0.2, 0.25) is 0 Å². The number of nitrogens with one attached hydrogen (secondary N) is 2. The summed E-state index contributed by atoms with van der Waals surface area (Å²) in [6.07, 6.45) is 0.730. The van der Waals surface area contributed by atoms with Crippen molar-refractivity contribution in [3.8, 4) is 6.07 Å². The fourth-order valence-corrected chi connectivity index (χ4v) is 1.50. The van der Waals surface area contributed by atoms with Crippen molar-refractivity contribution in [3.05, 3.63) is 29.8 Å². The number of hydrogen-bond donors (Lipinski definition) is 2. The van der Waals surface area contributed by atoms with Crippen LogP contribution in [0.3, 0.4) is 0 Å². The number of carbonyl (C=O) groups is 2. The quantitative estimate of drug-likeness (QED) is 0.818. The molecule has 94 valence electrons. The third-order valence-corrected chi connectivity index (χ3v) is 2.43. The summed E-state index contributed by atoms with van der Waals surface area (Å²) < 4.78 is 0. The number of nitrogens with zero attached hydrogens (tertiary/aromatic N) is 1. The van der Waals surface area contributed by atoms with Crippen molar-refractivity contribution >= 4 is 17.5 Å². The van der Waals surface area contributed by atoms with Crippen molar-refractivity contribution < 1.29 is 9.59 Å². The first-order valence-corrected chi connectivity index (χ1v) is 5.62. The van der Waals surface area contributed by atoms with Gasteiger partial charge in [-0.05, 0) is 18.1 Å². The van der Waals surface area contributed by atoms with Crippen molar-refractivity contribution in [2.45, 2.75) is 19.3 Å². The summed E-state index contributed by atoms with van der Waals surface area (Å²) in [6, 6.07) is 9.04. The number of carbonyl (C=O) groups excluding carboxylic acids is 2. The van der Waals surface area contributed by atoms with E-state index < -0.39 is 0 Å². The van der Waals surface area contributed by atoms with Gasteiger partial charge >= 0.3 is 0 Å². The molecule has 5 nitrogen and oxygen atoms in total. The molecule has 0 aliphatic rings. The molecule has 1 aromatic rings. The van der Waals surface area contributed by atoms with Crippen LogP contribution in [0.1, 0.15) is 18.4 Å². The molecular formula is C13H15N3O2. The van der Waals surface area contributed by atoms with Crippen molar-refractivity contribution in [1.82, 2.24) is 5.32 Å². The van der Waals surface area contributed by atoms with Gasteiger partial charge in [-0.3, -0.25) is 9.59 Å². The van der Waals surface area contributed by atoms with E-state index in [-0.39, 0.29) is 18.2 Å². The minimum Gasteiger partial charge on any atom is -0.359 e. The van der Waals surface area contributed by atoms with Gasteiger partial charge in [0, 0.05) is 19.2 Å². The Morgan fingerprint density at radius 3 is 2.67 bits per heavy atom. The second kappa shape index (κ2) is 7.07. The standard InChI is InChI=1S/C13H15N3O2/c1-15-12(17)7-6-10-4-2-3-5-11(10)16-13(18)8-9-14/h2-5H,6-8H2,1H3,(H,15,17)(H,16,18). The Morgan fingerprint density at radius 2 is 2.00 bits per heavy atom. The molecule has 0 aliphatic carbocycles. The van der Waals surface area contributed by atoms with Crippen LogP contribution in [0.4, 0.5) is 5.69 Å². The minimum atomic E-state index is -0.343. The van der Waals surface area contributed by atoms with Crippen LogP contribution in [0.25, 0.3) is 0 Å². The molecule has 5 heteroatoms. The minimum absolute atomic E-state index is 0.0480. The number of hydrogen-bond acceptors (Lipinski definition) is 3. The first-order valence-electron chi connectivity index (χ1n) is 5.62. The van der Waals surface area contributed by atoms with Gasteiger partial charge in [0.05, 0.1) is 6.07 Å². The summed E-state index contributed by atoms with van der Waals surface area (Å²) in [5, 5.41) is 13.6. The van der Waals surface area contributed by atoms with Crippen LogP contribution in [0, 0.1) is 11.3 Å². The number of amides is 2. The van der Waals surface area contributed by atoms with E-state index in [0.717, 1.165) is 5.56 Å². The van der Waals surface area contributed by atoms with E-state index in [2.05, 4.69) is 10.6 Å². The first kappa shape index (κ1) is 13.7. The monoisotopic (exact) mass is 245 g/mol. The third kappa shape index (κ3) is 4.26. The van der Waals surface area contributed by atoms with Crippen LogP contribution in [0.15, 0.2) is 24.3 Å². The number of aryl methyl sites for hydroxylation is 1. The lowest BCUT2D eigenvalue weighted by atomic mass is 10.1. The number of rotatable bonds is 5. The maximum absolute atomic E-state index is 11.3. The van der Waals surface area contributed by atoms with Gasteiger partial charge in [-0.25, -0.2) is 0 Å². The Balaban J connectivity index is 2.70. The number of benzene rings is 1. The lowest BCUT2D eigenvalue weighted by molar-refractivity contribution is -0.120. The van der Waals surface area contributed by atoms with E-state index >= 15 is 0 Å². The van der Waals surface area contributed by atoms with E-state index in [9.17, 15) is 9.59 Å². The number of nitriles is 1. The number of para-hydroxylation sites is 1. The highest BCUT2D eigenvalue weighted by Gasteiger charge is 2.07. The number of anilines is 1. The Kier molecular flexibility index (Phi) is 5.39. The Bertz CT molecular complexity index is 477. The summed E-state index contributed by atoms with van der Waals surface area (Å²) in [5.41, 5.74) is 1.54. The van der Waals surface area contributed by atoms with Gasteiger partial charge in [0.25, 0.3) is 0 Å². The maximum Gasteiger partial charge on any atom is 0.238 e. The molecule has 0 aliphatic heterocycles. The van der Waals surface area contributed by atoms with Gasteiger partial charge in [0.15, 0.2) is 0 Å². The van der Waals surface area contributed by atoms with E-state index in [4.69, 9.17) is 5.26 Å². The zero-order chi connectivity index (χ0) is 13.4. The molecular weight excluding hydrogens is 230 g/mol. The van der Waals surface area contributed by atoms with Crippen LogP contribution in [0.5, 0.6) is 0 Å². The predicted octanol–water partition coefficient (Wildman–Crippen LogP) is 1.22. The third-order valence-electron chi connectivity index (χ3n) is 2.43. The van der Waals surface area contributed by atoms with E-state index in [1.165, 1.54) is 0 Å². The second-order valence-electron chi connectivity index (χ2n) is 3.71. The molecule has 0 unspecified atom stereocenters. The molecule has 0 saturated heterocycles. The predicted molar refractivity (Wildman–Crippen MR) is 67.7 cm³/mol. The van der Waals surface area contributed by atoms with Gasteiger partial charge in [0.2, 0.25) is 11.8 Å².